The highest BCUT2D eigenvalue weighted by molar-refractivity contribution is 6.30. The summed E-state index contributed by atoms with van der Waals surface area (Å²) in [4.78, 5) is 25.7. The fourth-order valence-corrected chi connectivity index (χ4v) is 2.48. The Kier molecular flexibility index (Phi) is 4.48. The van der Waals surface area contributed by atoms with Crippen LogP contribution in [0.1, 0.15) is 11.1 Å². The van der Waals surface area contributed by atoms with Crippen molar-refractivity contribution in [3.63, 3.8) is 0 Å². The zero-order valence-electron chi connectivity index (χ0n) is 12.3. The van der Waals surface area contributed by atoms with Crippen molar-refractivity contribution in [3.8, 4) is 0 Å². The molecule has 6 heteroatoms. The number of nitrogens with one attached hydrogen (secondary N) is 2. The minimum Gasteiger partial charge on any atom is -0.408 e. The van der Waals surface area contributed by atoms with E-state index in [9.17, 15) is 9.59 Å². The zero-order chi connectivity index (χ0) is 16.2. The van der Waals surface area contributed by atoms with Crippen molar-refractivity contribution < 1.29 is 9.21 Å². The predicted octanol–water partition coefficient (Wildman–Crippen LogP) is 2.68. The molecular weight excluding hydrogens is 316 g/mol. The Morgan fingerprint density at radius 3 is 2.65 bits per heavy atom. The summed E-state index contributed by atoms with van der Waals surface area (Å²) in [6.07, 6.45) is 1.00. The number of rotatable bonds is 5. The minimum absolute atomic E-state index is 0.0656. The lowest BCUT2D eigenvalue weighted by molar-refractivity contribution is -0.120. The summed E-state index contributed by atoms with van der Waals surface area (Å²) in [5, 5.41) is 3.58. The Labute approximate surface area is 137 Å². The van der Waals surface area contributed by atoms with Gasteiger partial charge in [0.05, 0.1) is 11.9 Å². The third-order valence-corrected chi connectivity index (χ3v) is 3.75. The standard InChI is InChI=1S/C17H15ClN2O3/c18-13-4-1-11(2-5-13)7-8-19-16(21)10-12-3-6-15-14(9-12)20-17(22)23-15/h1-6,9H,7-8,10H2,(H,19,21)(H,20,22). The van der Waals surface area contributed by atoms with Crippen LogP contribution in [0.25, 0.3) is 11.1 Å². The normalized spacial score (nSPS) is 10.8. The topological polar surface area (TPSA) is 75.1 Å². The van der Waals surface area contributed by atoms with Crippen molar-refractivity contribution in [2.24, 2.45) is 0 Å². The molecule has 0 bridgehead atoms. The molecule has 1 amide bonds. The molecule has 0 unspecified atom stereocenters. The van der Waals surface area contributed by atoms with E-state index in [2.05, 4.69) is 10.3 Å². The highest BCUT2D eigenvalue weighted by Gasteiger charge is 2.06. The molecule has 0 aliphatic carbocycles. The molecule has 3 aromatic rings. The number of hydrogen-bond donors (Lipinski definition) is 2. The van der Waals surface area contributed by atoms with Crippen molar-refractivity contribution in [3.05, 3.63) is 69.2 Å². The second-order valence-corrected chi connectivity index (χ2v) is 5.68. The van der Waals surface area contributed by atoms with E-state index >= 15 is 0 Å². The van der Waals surface area contributed by atoms with E-state index in [0.29, 0.717) is 22.7 Å². The maximum atomic E-state index is 12.0. The first-order valence-electron chi connectivity index (χ1n) is 7.23. The van der Waals surface area contributed by atoms with E-state index in [0.717, 1.165) is 17.5 Å². The molecular formula is C17H15ClN2O3. The maximum absolute atomic E-state index is 12.0. The maximum Gasteiger partial charge on any atom is 0.417 e. The first kappa shape index (κ1) is 15.4. The van der Waals surface area contributed by atoms with Gasteiger partial charge in [0.25, 0.3) is 0 Å². The Bertz CT molecular complexity index is 881. The molecule has 0 saturated carbocycles. The number of halogens is 1. The van der Waals surface area contributed by atoms with Gasteiger partial charge in [0, 0.05) is 11.6 Å². The van der Waals surface area contributed by atoms with Crippen molar-refractivity contribution in [1.29, 1.82) is 0 Å². The average molecular weight is 331 g/mol. The van der Waals surface area contributed by atoms with Gasteiger partial charge in [0.2, 0.25) is 5.91 Å². The largest absolute Gasteiger partial charge is 0.417 e. The Morgan fingerprint density at radius 2 is 1.87 bits per heavy atom. The molecule has 0 aliphatic heterocycles. The van der Waals surface area contributed by atoms with Crippen LogP contribution in [0.3, 0.4) is 0 Å². The molecule has 118 valence electrons. The number of aromatic nitrogens is 1. The number of fused-ring (bicyclic) bond motifs is 1. The molecule has 0 spiro atoms. The van der Waals surface area contributed by atoms with E-state index < -0.39 is 5.76 Å². The molecule has 0 fully saturated rings. The van der Waals surface area contributed by atoms with Gasteiger partial charge in [-0.2, -0.15) is 0 Å². The lowest BCUT2D eigenvalue weighted by Crippen LogP contribution is -2.27. The van der Waals surface area contributed by atoms with Crippen molar-refractivity contribution >= 4 is 28.6 Å². The number of carbonyl (C=O) groups is 1. The van der Waals surface area contributed by atoms with Crippen LogP contribution in [0.4, 0.5) is 0 Å². The highest BCUT2D eigenvalue weighted by atomic mass is 35.5. The Balaban J connectivity index is 1.53. The highest BCUT2D eigenvalue weighted by Crippen LogP contribution is 2.13. The van der Waals surface area contributed by atoms with Crippen LogP contribution in [0.5, 0.6) is 0 Å². The summed E-state index contributed by atoms with van der Waals surface area (Å²) in [6.45, 7) is 0.561. The molecule has 0 saturated heterocycles. The van der Waals surface area contributed by atoms with E-state index in [1.54, 1.807) is 18.2 Å². The molecule has 1 heterocycles. The van der Waals surface area contributed by atoms with Crippen LogP contribution >= 0.6 is 11.6 Å². The number of H-pyrrole nitrogens is 1. The van der Waals surface area contributed by atoms with Gasteiger partial charge in [-0.15, -0.1) is 0 Å². The van der Waals surface area contributed by atoms with Gasteiger partial charge >= 0.3 is 5.76 Å². The summed E-state index contributed by atoms with van der Waals surface area (Å²) >= 11 is 5.83. The Morgan fingerprint density at radius 1 is 1.13 bits per heavy atom. The van der Waals surface area contributed by atoms with Gasteiger partial charge in [0.15, 0.2) is 5.58 Å². The summed E-state index contributed by atoms with van der Waals surface area (Å²) in [5.41, 5.74) is 3.02. The monoisotopic (exact) mass is 330 g/mol. The quantitative estimate of drug-likeness (QED) is 0.755. The fourth-order valence-electron chi connectivity index (χ4n) is 2.35. The number of amides is 1. The van der Waals surface area contributed by atoms with Crippen LogP contribution in [-0.2, 0) is 17.6 Å². The number of benzene rings is 2. The van der Waals surface area contributed by atoms with Crippen LogP contribution in [0.15, 0.2) is 51.7 Å². The number of hydrogen-bond acceptors (Lipinski definition) is 3. The molecule has 2 N–H and O–H groups in total. The van der Waals surface area contributed by atoms with E-state index in [1.807, 2.05) is 24.3 Å². The SMILES string of the molecule is O=C(Cc1ccc2oc(=O)[nH]c2c1)NCCc1ccc(Cl)cc1. The summed E-state index contributed by atoms with van der Waals surface area (Å²) in [6, 6.07) is 12.8. The van der Waals surface area contributed by atoms with Crippen molar-refractivity contribution in [1.82, 2.24) is 10.3 Å². The molecule has 1 aromatic heterocycles. The predicted molar refractivity (Wildman–Crippen MR) is 88.7 cm³/mol. The van der Waals surface area contributed by atoms with Crippen LogP contribution in [0, 0.1) is 0 Å². The number of carbonyl (C=O) groups excluding carboxylic acids is 1. The van der Waals surface area contributed by atoms with Gasteiger partial charge in [0.1, 0.15) is 0 Å². The van der Waals surface area contributed by atoms with Crippen molar-refractivity contribution in [2.45, 2.75) is 12.8 Å². The van der Waals surface area contributed by atoms with Gasteiger partial charge in [-0.05, 0) is 41.8 Å². The second kappa shape index (κ2) is 6.71. The lowest BCUT2D eigenvalue weighted by Gasteiger charge is -2.06. The molecule has 0 aliphatic rings. The smallest absolute Gasteiger partial charge is 0.408 e. The van der Waals surface area contributed by atoms with E-state index in [4.69, 9.17) is 16.0 Å². The summed E-state index contributed by atoms with van der Waals surface area (Å²) in [5.74, 6) is -0.561. The first-order chi connectivity index (χ1) is 11.1. The van der Waals surface area contributed by atoms with E-state index in [-0.39, 0.29) is 12.3 Å². The number of aromatic amines is 1. The average Bonchev–Trinajstić information content (AvgIpc) is 2.88. The van der Waals surface area contributed by atoms with Crippen molar-refractivity contribution in [2.75, 3.05) is 6.54 Å². The van der Waals surface area contributed by atoms with Gasteiger partial charge in [-0.1, -0.05) is 29.8 Å². The Hall–Kier alpha value is -2.53. The molecule has 23 heavy (non-hydrogen) atoms. The van der Waals surface area contributed by atoms with Gasteiger partial charge in [-0.25, -0.2) is 4.79 Å². The zero-order valence-corrected chi connectivity index (χ0v) is 13.0. The second-order valence-electron chi connectivity index (χ2n) is 5.25. The molecule has 0 atom stereocenters. The van der Waals surface area contributed by atoms with E-state index in [1.165, 1.54) is 0 Å². The molecule has 2 aromatic carbocycles. The molecule has 5 nitrogen and oxygen atoms in total. The van der Waals surface area contributed by atoms with Crippen LogP contribution in [0.2, 0.25) is 5.02 Å². The summed E-state index contributed by atoms with van der Waals surface area (Å²) < 4.78 is 4.93. The van der Waals surface area contributed by atoms with Crippen LogP contribution < -0.4 is 11.1 Å². The fraction of sp³-hybridized carbons (Fsp3) is 0.176. The van der Waals surface area contributed by atoms with Gasteiger partial charge < -0.3 is 9.73 Å². The number of oxazole rings is 1. The summed E-state index contributed by atoms with van der Waals surface area (Å²) in [7, 11) is 0. The third kappa shape index (κ3) is 4.02. The lowest BCUT2D eigenvalue weighted by atomic mass is 10.1. The van der Waals surface area contributed by atoms with Crippen LogP contribution in [-0.4, -0.2) is 17.4 Å². The molecule has 0 radical (unpaired) electrons. The third-order valence-electron chi connectivity index (χ3n) is 3.50. The minimum atomic E-state index is -0.496. The van der Waals surface area contributed by atoms with Gasteiger partial charge in [-0.3, -0.25) is 9.78 Å². The first-order valence-corrected chi connectivity index (χ1v) is 7.61. The molecule has 3 rings (SSSR count).